The van der Waals surface area contributed by atoms with Crippen LogP contribution in [0.2, 0.25) is 0 Å². The van der Waals surface area contributed by atoms with Crippen LogP contribution < -0.4 is 11.3 Å². The summed E-state index contributed by atoms with van der Waals surface area (Å²) in [6.07, 6.45) is 2.90. The number of amides is 1. The van der Waals surface area contributed by atoms with Gasteiger partial charge in [-0.05, 0) is 12.5 Å². The summed E-state index contributed by atoms with van der Waals surface area (Å²) in [5.74, 6) is 4.32. The average Bonchev–Trinajstić information content (AvgIpc) is 1.89. The molecule has 0 saturated carbocycles. The van der Waals surface area contributed by atoms with Gasteiger partial charge < -0.3 is 5.11 Å². The van der Waals surface area contributed by atoms with Gasteiger partial charge in [0, 0.05) is 0 Å². The van der Waals surface area contributed by atoms with Crippen molar-refractivity contribution in [1.29, 1.82) is 0 Å². The van der Waals surface area contributed by atoms with E-state index in [0.717, 1.165) is 0 Å². The Bertz CT molecular complexity index is 73.5. The summed E-state index contributed by atoms with van der Waals surface area (Å²) in [4.78, 5) is 9.13. The van der Waals surface area contributed by atoms with Crippen molar-refractivity contribution in [2.75, 3.05) is 12.5 Å². The molecule has 0 aliphatic heterocycles. The molecule has 58 valence electrons. The molecule has 4 nitrogen and oxygen atoms in total. The molecule has 0 atom stereocenters. The first-order valence-corrected chi connectivity index (χ1v) is 4.92. The molecular weight excluding hydrogens is 183 g/mol. The van der Waals surface area contributed by atoms with Gasteiger partial charge in [-0.2, -0.15) is 0 Å². The van der Waals surface area contributed by atoms with E-state index >= 15 is 0 Å². The number of rotatable bonds is 1. The molecule has 10 heavy (non-hydrogen) atoms. The molecular formula is C3H11N2NaO2S2. The van der Waals surface area contributed by atoms with Crippen LogP contribution in [0.15, 0.2) is 0 Å². The van der Waals surface area contributed by atoms with Crippen LogP contribution in [0.5, 0.6) is 0 Å². The Hall–Kier alpha value is 0.930. The van der Waals surface area contributed by atoms with Gasteiger partial charge >= 0.3 is 35.7 Å². The van der Waals surface area contributed by atoms with Gasteiger partial charge in [0.05, 0.1) is 0 Å². The van der Waals surface area contributed by atoms with E-state index < -0.39 is 6.09 Å². The SMILES string of the molecule is CSSC.NNC(=O)O.[NaH]. The van der Waals surface area contributed by atoms with Crippen LogP contribution in [-0.4, -0.2) is 53.3 Å². The third kappa shape index (κ3) is 36.4. The van der Waals surface area contributed by atoms with Crippen molar-refractivity contribution in [2.45, 2.75) is 0 Å². The topological polar surface area (TPSA) is 75.3 Å². The number of carbonyl (C=O) groups is 1. The second kappa shape index (κ2) is 16.5. The van der Waals surface area contributed by atoms with Gasteiger partial charge in [0.15, 0.2) is 0 Å². The molecule has 0 fully saturated rings. The van der Waals surface area contributed by atoms with Gasteiger partial charge in [-0.15, -0.1) is 0 Å². The van der Waals surface area contributed by atoms with Crippen LogP contribution in [0.4, 0.5) is 4.79 Å². The summed E-state index contributed by atoms with van der Waals surface area (Å²) in [5.41, 5.74) is 1.44. The average molecular weight is 194 g/mol. The first kappa shape index (κ1) is 17.1. The van der Waals surface area contributed by atoms with E-state index in [1.54, 1.807) is 21.6 Å². The Labute approximate surface area is 90.4 Å². The predicted molar refractivity (Wildman–Crippen MR) is 49.5 cm³/mol. The standard InChI is InChI=1S/C2H6S2.CH4N2O2.Na.H/c1-3-4-2;2-3-1(4)5;;/h1-2H3;3H,2H2,(H,4,5);;. The van der Waals surface area contributed by atoms with Crippen molar-refractivity contribution in [3.05, 3.63) is 0 Å². The quantitative estimate of drug-likeness (QED) is 0.181. The van der Waals surface area contributed by atoms with E-state index in [0.29, 0.717) is 0 Å². The predicted octanol–water partition coefficient (Wildman–Crippen LogP) is 0.107. The Morgan fingerprint density at radius 2 is 1.70 bits per heavy atom. The Morgan fingerprint density at radius 3 is 1.70 bits per heavy atom. The maximum atomic E-state index is 9.13. The number of nitrogens with two attached hydrogens (primary N) is 1. The van der Waals surface area contributed by atoms with Crippen LogP contribution in [0.25, 0.3) is 0 Å². The van der Waals surface area contributed by atoms with Gasteiger partial charge in [0.2, 0.25) is 0 Å². The summed E-state index contributed by atoms with van der Waals surface area (Å²) in [7, 11) is 3.55. The molecule has 0 heterocycles. The normalized spacial score (nSPS) is 6.30. The Balaban J connectivity index is -0.0000000910. The van der Waals surface area contributed by atoms with E-state index in [2.05, 4.69) is 18.4 Å². The van der Waals surface area contributed by atoms with Crippen LogP contribution in [0, 0.1) is 0 Å². The van der Waals surface area contributed by atoms with Crippen molar-refractivity contribution in [3.8, 4) is 0 Å². The van der Waals surface area contributed by atoms with Crippen LogP contribution >= 0.6 is 21.6 Å². The van der Waals surface area contributed by atoms with Gasteiger partial charge in [0.1, 0.15) is 0 Å². The van der Waals surface area contributed by atoms with Gasteiger partial charge in [-0.3, -0.25) is 5.43 Å². The van der Waals surface area contributed by atoms with Gasteiger partial charge in [-0.25, -0.2) is 10.6 Å². The molecule has 0 aliphatic carbocycles. The molecule has 0 rings (SSSR count). The molecule has 0 aliphatic rings. The number of nitrogens with one attached hydrogen (secondary N) is 1. The molecule has 4 N–H and O–H groups in total. The van der Waals surface area contributed by atoms with E-state index in [9.17, 15) is 0 Å². The van der Waals surface area contributed by atoms with Crippen molar-refractivity contribution in [3.63, 3.8) is 0 Å². The van der Waals surface area contributed by atoms with E-state index in [4.69, 9.17) is 9.90 Å². The van der Waals surface area contributed by atoms with E-state index in [-0.39, 0.29) is 29.6 Å². The zero-order valence-electron chi connectivity index (χ0n) is 5.25. The second-order valence-corrected chi connectivity index (χ2v) is 3.45. The number of hydrogen-bond donors (Lipinski definition) is 3. The summed E-state index contributed by atoms with van der Waals surface area (Å²) in [6, 6.07) is 0. The summed E-state index contributed by atoms with van der Waals surface area (Å²) < 4.78 is 0. The first-order chi connectivity index (χ1) is 4.18. The second-order valence-electron chi connectivity index (χ2n) is 0.783. The van der Waals surface area contributed by atoms with Crippen molar-refractivity contribution in [1.82, 2.24) is 5.43 Å². The molecule has 0 unspecified atom stereocenters. The molecule has 0 bridgehead atoms. The minimum atomic E-state index is -1.22. The van der Waals surface area contributed by atoms with Crippen molar-refractivity contribution < 1.29 is 9.90 Å². The van der Waals surface area contributed by atoms with Gasteiger partial charge in [-0.1, -0.05) is 21.6 Å². The zero-order valence-corrected chi connectivity index (χ0v) is 6.88. The molecule has 0 aromatic heterocycles. The number of carboxylic acid groups (broad SMARTS) is 1. The summed E-state index contributed by atoms with van der Waals surface area (Å²) >= 11 is 0. The first-order valence-electron chi connectivity index (χ1n) is 1.95. The molecule has 0 saturated heterocycles. The third-order valence-corrected chi connectivity index (χ3v) is 1.62. The fourth-order valence-electron chi connectivity index (χ4n) is 0. The molecule has 0 aromatic carbocycles. The van der Waals surface area contributed by atoms with Crippen LogP contribution in [-0.2, 0) is 0 Å². The molecule has 1 amide bonds. The molecule has 7 heteroatoms. The monoisotopic (exact) mass is 194 g/mol. The van der Waals surface area contributed by atoms with E-state index in [1.165, 1.54) is 5.43 Å². The number of hydrogen-bond acceptors (Lipinski definition) is 4. The maximum absolute atomic E-state index is 9.13. The van der Waals surface area contributed by atoms with Crippen molar-refractivity contribution in [2.24, 2.45) is 5.84 Å². The summed E-state index contributed by atoms with van der Waals surface area (Å²) in [6.45, 7) is 0. The fourth-order valence-corrected chi connectivity index (χ4v) is 0. The Morgan fingerprint density at radius 1 is 1.50 bits per heavy atom. The third-order valence-electron chi connectivity index (χ3n) is 0.290. The minimum absolute atomic E-state index is 0. The van der Waals surface area contributed by atoms with Crippen LogP contribution in [0.1, 0.15) is 0 Å². The molecule has 0 radical (unpaired) electrons. The number of hydrazine groups is 1. The Kier molecular flexibility index (Phi) is 28.3. The van der Waals surface area contributed by atoms with Crippen molar-refractivity contribution >= 4 is 57.2 Å². The van der Waals surface area contributed by atoms with Gasteiger partial charge in [0.25, 0.3) is 0 Å². The van der Waals surface area contributed by atoms with E-state index in [1.807, 2.05) is 0 Å². The van der Waals surface area contributed by atoms with Crippen LogP contribution in [0.3, 0.4) is 0 Å². The summed E-state index contributed by atoms with van der Waals surface area (Å²) in [5, 5.41) is 7.49. The zero-order chi connectivity index (χ0) is 7.70. The molecule has 0 aromatic rings. The molecule has 0 spiro atoms. The fraction of sp³-hybridized carbons (Fsp3) is 0.667.